The second kappa shape index (κ2) is 5.31. The number of nitrogens with zero attached hydrogens (tertiary/aromatic N) is 2. The molecule has 22 heavy (non-hydrogen) atoms. The predicted molar refractivity (Wildman–Crippen MR) is 80.4 cm³/mol. The molecule has 0 aliphatic heterocycles. The number of halogens is 1. The number of carbonyl (C=O) groups is 2. The number of benzene rings is 1. The monoisotopic (exact) mass is 318 g/mol. The summed E-state index contributed by atoms with van der Waals surface area (Å²) >= 11 is 6.33. The van der Waals surface area contributed by atoms with Gasteiger partial charge in [0.1, 0.15) is 16.3 Å². The van der Waals surface area contributed by atoms with Gasteiger partial charge < -0.3 is 9.47 Å². The lowest BCUT2D eigenvalue weighted by atomic mass is 10.2. The van der Waals surface area contributed by atoms with Crippen LogP contribution >= 0.6 is 11.6 Å². The molecule has 0 atom stereocenters. The number of aromatic nitrogens is 2. The summed E-state index contributed by atoms with van der Waals surface area (Å²) < 4.78 is 11.0. The smallest absolute Gasteiger partial charge is 0.342 e. The van der Waals surface area contributed by atoms with Gasteiger partial charge in [0.15, 0.2) is 5.65 Å². The van der Waals surface area contributed by atoms with E-state index in [0.717, 1.165) is 10.9 Å². The zero-order chi connectivity index (χ0) is 15.9. The van der Waals surface area contributed by atoms with Gasteiger partial charge in [0.05, 0.1) is 19.7 Å². The minimum Gasteiger partial charge on any atom is -0.465 e. The Morgan fingerprint density at radius 1 is 1.09 bits per heavy atom. The van der Waals surface area contributed by atoms with E-state index in [1.54, 1.807) is 6.20 Å². The van der Waals surface area contributed by atoms with E-state index in [-0.39, 0.29) is 21.9 Å². The van der Waals surface area contributed by atoms with Crippen LogP contribution in [0.15, 0.2) is 30.5 Å². The molecular weight excluding hydrogens is 308 g/mol. The third-order valence-corrected chi connectivity index (χ3v) is 3.73. The summed E-state index contributed by atoms with van der Waals surface area (Å²) in [6.07, 6.45) is 1.61. The number of para-hydroxylation sites is 1. The molecule has 1 aromatic carbocycles. The largest absolute Gasteiger partial charge is 0.465 e. The number of ether oxygens (including phenoxy) is 2. The van der Waals surface area contributed by atoms with Crippen LogP contribution in [0.4, 0.5) is 0 Å². The summed E-state index contributed by atoms with van der Waals surface area (Å²) in [7, 11) is 2.44. The Balaban J connectivity index is 2.52. The van der Waals surface area contributed by atoms with Gasteiger partial charge in [0.25, 0.3) is 0 Å². The molecule has 3 rings (SSSR count). The SMILES string of the molecule is COC(=O)c1c(C(=O)OC)c2ncc3ccccc3n2c1Cl. The van der Waals surface area contributed by atoms with Crippen LogP contribution in [0.5, 0.6) is 0 Å². The topological polar surface area (TPSA) is 69.9 Å². The summed E-state index contributed by atoms with van der Waals surface area (Å²) in [4.78, 5) is 28.3. The molecule has 0 unspecified atom stereocenters. The van der Waals surface area contributed by atoms with E-state index in [0.29, 0.717) is 0 Å². The third-order valence-electron chi connectivity index (χ3n) is 3.37. The normalized spacial score (nSPS) is 10.9. The molecule has 2 heterocycles. The van der Waals surface area contributed by atoms with Gasteiger partial charge in [-0.15, -0.1) is 0 Å². The zero-order valence-corrected chi connectivity index (χ0v) is 12.5. The summed E-state index contributed by atoms with van der Waals surface area (Å²) in [6, 6.07) is 7.36. The number of fused-ring (bicyclic) bond motifs is 3. The highest BCUT2D eigenvalue weighted by Crippen LogP contribution is 2.31. The molecule has 0 saturated heterocycles. The van der Waals surface area contributed by atoms with Crippen LogP contribution in [0.3, 0.4) is 0 Å². The van der Waals surface area contributed by atoms with Crippen molar-refractivity contribution in [1.29, 1.82) is 0 Å². The highest BCUT2D eigenvalue weighted by Gasteiger charge is 2.30. The molecule has 0 bridgehead atoms. The fourth-order valence-electron chi connectivity index (χ4n) is 2.39. The van der Waals surface area contributed by atoms with E-state index >= 15 is 0 Å². The maximum absolute atomic E-state index is 12.1. The number of carbonyl (C=O) groups excluding carboxylic acids is 2. The number of methoxy groups -OCH3 is 2. The average Bonchev–Trinajstić information content (AvgIpc) is 2.86. The van der Waals surface area contributed by atoms with Crippen molar-refractivity contribution in [3.63, 3.8) is 0 Å². The molecule has 7 heteroatoms. The zero-order valence-electron chi connectivity index (χ0n) is 11.8. The molecule has 112 valence electrons. The summed E-state index contributed by atoms with van der Waals surface area (Å²) in [5.41, 5.74) is 0.902. The quantitative estimate of drug-likeness (QED) is 0.679. The van der Waals surface area contributed by atoms with Crippen LogP contribution in [0.2, 0.25) is 5.15 Å². The Labute approximate surface area is 130 Å². The van der Waals surface area contributed by atoms with Gasteiger partial charge in [-0.1, -0.05) is 29.8 Å². The van der Waals surface area contributed by atoms with Crippen molar-refractivity contribution in [1.82, 2.24) is 9.38 Å². The fraction of sp³-hybridized carbons (Fsp3) is 0.133. The van der Waals surface area contributed by atoms with Gasteiger partial charge in [-0.2, -0.15) is 0 Å². The minimum atomic E-state index is -0.722. The van der Waals surface area contributed by atoms with Gasteiger partial charge >= 0.3 is 11.9 Å². The molecule has 2 aromatic heterocycles. The van der Waals surface area contributed by atoms with Crippen LogP contribution in [0, 0.1) is 0 Å². The van der Waals surface area contributed by atoms with Crippen molar-refractivity contribution in [3.05, 3.63) is 46.7 Å². The van der Waals surface area contributed by atoms with Gasteiger partial charge in [-0.05, 0) is 6.07 Å². The molecule has 0 aliphatic carbocycles. The number of hydrogen-bond acceptors (Lipinski definition) is 5. The van der Waals surface area contributed by atoms with Crippen molar-refractivity contribution in [2.24, 2.45) is 0 Å². The fourth-order valence-corrected chi connectivity index (χ4v) is 2.73. The highest BCUT2D eigenvalue weighted by molar-refractivity contribution is 6.35. The maximum Gasteiger partial charge on any atom is 0.342 e. The molecule has 0 spiro atoms. The van der Waals surface area contributed by atoms with E-state index in [1.807, 2.05) is 24.3 Å². The Hall–Kier alpha value is -2.60. The Morgan fingerprint density at radius 3 is 2.41 bits per heavy atom. The van der Waals surface area contributed by atoms with Gasteiger partial charge in [-0.25, -0.2) is 14.6 Å². The maximum atomic E-state index is 12.1. The Morgan fingerprint density at radius 2 is 1.73 bits per heavy atom. The van der Waals surface area contributed by atoms with Crippen LogP contribution in [-0.2, 0) is 9.47 Å². The Kier molecular flexibility index (Phi) is 3.46. The minimum absolute atomic E-state index is 0.00916. The van der Waals surface area contributed by atoms with E-state index in [4.69, 9.17) is 21.1 Å². The first-order valence-electron chi connectivity index (χ1n) is 6.34. The van der Waals surface area contributed by atoms with Crippen LogP contribution in [-0.4, -0.2) is 35.5 Å². The second-order valence-electron chi connectivity index (χ2n) is 4.50. The number of rotatable bonds is 2. The Bertz CT molecular complexity index is 917. The number of hydrogen-bond donors (Lipinski definition) is 0. The van der Waals surface area contributed by atoms with E-state index in [9.17, 15) is 9.59 Å². The van der Waals surface area contributed by atoms with Crippen molar-refractivity contribution in [2.45, 2.75) is 0 Å². The first-order valence-corrected chi connectivity index (χ1v) is 6.72. The van der Waals surface area contributed by atoms with Crippen molar-refractivity contribution < 1.29 is 19.1 Å². The molecule has 0 saturated carbocycles. The molecule has 0 amide bonds. The molecule has 0 aliphatic rings. The van der Waals surface area contributed by atoms with Crippen LogP contribution in [0.25, 0.3) is 16.6 Å². The lowest BCUT2D eigenvalue weighted by Gasteiger charge is -2.03. The van der Waals surface area contributed by atoms with Gasteiger partial charge in [0, 0.05) is 11.6 Å². The molecule has 0 fully saturated rings. The first-order chi connectivity index (χ1) is 10.6. The second-order valence-corrected chi connectivity index (χ2v) is 4.86. The molecule has 3 aromatic rings. The summed E-state index contributed by atoms with van der Waals surface area (Å²) in [5, 5.41) is 0.881. The van der Waals surface area contributed by atoms with Crippen LogP contribution in [0.1, 0.15) is 20.7 Å². The molecule has 6 nitrogen and oxygen atoms in total. The van der Waals surface area contributed by atoms with Gasteiger partial charge in [0.2, 0.25) is 0 Å². The third kappa shape index (κ3) is 1.92. The van der Waals surface area contributed by atoms with Crippen molar-refractivity contribution in [3.8, 4) is 0 Å². The van der Waals surface area contributed by atoms with Crippen molar-refractivity contribution in [2.75, 3.05) is 14.2 Å². The lowest BCUT2D eigenvalue weighted by molar-refractivity contribution is 0.0558. The number of esters is 2. The standard InChI is InChI=1S/C15H11ClN2O4/c1-21-14(19)10-11(15(20)22-2)13-17-7-8-5-3-4-6-9(8)18(13)12(10)16/h3-7H,1-2H3. The van der Waals surface area contributed by atoms with E-state index in [2.05, 4.69) is 4.98 Å². The highest BCUT2D eigenvalue weighted by atomic mass is 35.5. The van der Waals surface area contributed by atoms with E-state index in [1.165, 1.54) is 18.6 Å². The first kappa shape index (κ1) is 14.3. The van der Waals surface area contributed by atoms with Gasteiger partial charge in [-0.3, -0.25) is 4.40 Å². The molecule has 0 N–H and O–H groups in total. The summed E-state index contributed by atoms with van der Waals surface area (Å²) in [5.74, 6) is -1.42. The van der Waals surface area contributed by atoms with Crippen LogP contribution < -0.4 is 0 Å². The summed E-state index contributed by atoms with van der Waals surface area (Å²) in [6.45, 7) is 0. The predicted octanol–water partition coefficient (Wildman–Crippen LogP) is 2.71. The average molecular weight is 319 g/mol. The lowest BCUT2D eigenvalue weighted by Crippen LogP contribution is -2.10. The van der Waals surface area contributed by atoms with Crippen molar-refractivity contribution >= 4 is 40.1 Å². The van der Waals surface area contributed by atoms with E-state index < -0.39 is 11.9 Å². The molecular formula is C15H11ClN2O4. The molecule has 0 radical (unpaired) electrons.